The van der Waals surface area contributed by atoms with Crippen LogP contribution in [0.15, 0.2) is 18.2 Å². The first kappa shape index (κ1) is 13.3. The summed E-state index contributed by atoms with van der Waals surface area (Å²) in [5.74, 6) is -0.186. The summed E-state index contributed by atoms with van der Waals surface area (Å²) in [7, 11) is 0. The number of rotatable bonds is 5. The predicted molar refractivity (Wildman–Crippen MR) is 72.4 cm³/mol. The second kappa shape index (κ2) is 4.87. The molecule has 0 heterocycles. The van der Waals surface area contributed by atoms with Gasteiger partial charge in [-0.3, -0.25) is 14.9 Å². The molecule has 0 radical (unpaired) electrons. The molecule has 102 valence electrons. The van der Waals surface area contributed by atoms with Gasteiger partial charge in [0.05, 0.1) is 4.92 Å². The van der Waals surface area contributed by atoms with Crippen molar-refractivity contribution < 1.29 is 9.72 Å². The zero-order valence-electron chi connectivity index (χ0n) is 11.0. The van der Waals surface area contributed by atoms with Gasteiger partial charge in [0.1, 0.15) is 5.69 Å². The lowest BCUT2D eigenvalue weighted by Gasteiger charge is -2.12. The van der Waals surface area contributed by atoms with Gasteiger partial charge in [0, 0.05) is 23.7 Å². The molecule has 0 aliphatic heterocycles. The Bertz CT molecular complexity index is 524. The molecule has 2 rings (SSSR count). The van der Waals surface area contributed by atoms with Crippen LogP contribution in [0, 0.1) is 10.1 Å². The van der Waals surface area contributed by atoms with Gasteiger partial charge in [-0.05, 0) is 38.8 Å². The van der Waals surface area contributed by atoms with E-state index in [9.17, 15) is 14.9 Å². The first-order valence-corrected chi connectivity index (χ1v) is 6.30. The molecule has 1 aromatic rings. The first-order valence-electron chi connectivity index (χ1n) is 6.30. The van der Waals surface area contributed by atoms with Crippen molar-refractivity contribution in [1.29, 1.82) is 0 Å². The van der Waals surface area contributed by atoms with Gasteiger partial charge < -0.3 is 10.6 Å². The Hall–Kier alpha value is -2.11. The number of nitro groups is 1. The second-order valence-electron chi connectivity index (χ2n) is 5.03. The van der Waals surface area contributed by atoms with E-state index < -0.39 is 4.92 Å². The maximum absolute atomic E-state index is 12.0. The Morgan fingerprint density at radius 3 is 2.68 bits per heavy atom. The van der Waals surface area contributed by atoms with E-state index in [1.54, 1.807) is 0 Å². The van der Waals surface area contributed by atoms with E-state index in [4.69, 9.17) is 0 Å². The van der Waals surface area contributed by atoms with Crippen LogP contribution < -0.4 is 10.6 Å². The normalized spacial score (nSPS) is 15.7. The molecule has 6 nitrogen and oxygen atoms in total. The SMILES string of the molecule is CCNc1cc(C(=O)NC2(C)CC2)ccc1[N+](=O)[O-]. The van der Waals surface area contributed by atoms with Gasteiger partial charge in [-0.1, -0.05) is 0 Å². The summed E-state index contributed by atoms with van der Waals surface area (Å²) in [4.78, 5) is 22.5. The van der Waals surface area contributed by atoms with Crippen molar-refractivity contribution in [3.8, 4) is 0 Å². The van der Waals surface area contributed by atoms with Gasteiger partial charge >= 0.3 is 0 Å². The van der Waals surface area contributed by atoms with Crippen molar-refractivity contribution >= 4 is 17.3 Å². The Labute approximate surface area is 111 Å². The third-order valence-electron chi connectivity index (χ3n) is 3.24. The largest absolute Gasteiger partial charge is 0.380 e. The van der Waals surface area contributed by atoms with Crippen LogP contribution in [0.5, 0.6) is 0 Å². The molecule has 1 aliphatic rings. The topological polar surface area (TPSA) is 84.3 Å². The van der Waals surface area contributed by atoms with E-state index in [1.165, 1.54) is 18.2 Å². The molecule has 2 N–H and O–H groups in total. The molecule has 6 heteroatoms. The fraction of sp³-hybridized carbons (Fsp3) is 0.462. The Kier molecular flexibility index (Phi) is 3.42. The number of benzene rings is 1. The lowest BCUT2D eigenvalue weighted by Crippen LogP contribution is -2.34. The summed E-state index contributed by atoms with van der Waals surface area (Å²) < 4.78 is 0. The number of hydrogen-bond donors (Lipinski definition) is 2. The number of carbonyl (C=O) groups excluding carboxylic acids is 1. The van der Waals surface area contributed by atoms with Crippen LogP contribution in [0.1, 0.15) is 37.0 Å². The summed E-state index contributed by atoms with van der Waals surface area (Å²) >= 11 is 0. The molecule has 1 amide bonds. The monoisotopic (exact) mass is 263 g/mol. The number of nitrogens with zero attached hydrogens (tertiary/aromatic N) is 1. The highest BCUT2D eigenvalue weighted by atomic mass is 16.6. The zero-order valence-corrected chi connectivity index (χ0v) is 11.0. The summed E-state index contributed by atoms with van der Waals surface area (Å²) in [5.41, 5.74) is 0.698. The highest BCUT2D eigenvalue weighted by Crippen LogP contribution is 2.35. The summed E-state index contributed by atoms with van der Waals surface area (Å²) in [6.45, 7) is 4.40. The smallest absolute Gasteiger partial charge is 0.292 e. The van der Waals surface area contributed by atoms with Crippen molar-refractivity contribution in [2.75, 3.05) is 11.9 Å². The van der Waals surface area contributed by atoms with Crippen molar-refractivity contribution in [3.63, 3.8) is 0 Å². The molecular formula is C13H17N3O3. The summed E-state index contributed by atoms with van der Waals surface area (Å²) in [6, 6.07) is 4.38. The van der Waals surface area contributed by atoms with Crippen LogP contribution in [0.25, 0.3) is 0 Å². The molecule has 0 unspecified atom stereocenters. The average Bonchev–Trinajstić information content (AvgIpc) is 3.06. The molecule has 0 atom stereocenters. The van der Waals surface area contributed by atoms with E-state index in [1.807, 2.05) is 13.8 Å². The molecular weight excluding hydrogens is 246 g/mol. The predicted octanol–water partition coefficient (Wildman–Crippen LogP) is 2.31. The Morgan fingerprint density at radius 1 is 1.47 bits per heavy atom. The number of anilines is 1. The van der Waals surface area contributed by atoms with Crippen LogP contribution in [-0.4, -0.2) is 22.9 Å². The molecule has 1 aliphatic carbocycles. The van der Waals surface area contributed by atoms with Crippen molar-refractivity contribution in [1.82, 2.24) is 5.32 Å². The van der Waals surface area contributed by atoms with Crippen molar-refractivity contribution in [2.45, 2.75) is 32.2 Å². The lowest BCUT2D eigenvalue weighted by atomic mass is 10.1. The maximum Gasteiger partial charge on any atom is 0.292 e. The van der Waals surface area contributed by atoms with Crippen LogP contribution in [-0.2, 0) is 0 Å². The molecule has 0 saturated heterocycles. The zero-order chi connectivity index (χ0) is 14.0. The Balaban J connectivity index is 2.24. The van der Waals surface area contributed by atoms with Gasteiger partial charge in [-0.25, -0.2) is 0 Å². The van der Waals surface area contributed by atoms with Crippen molar-refractivity contribution in [2.24, 2.45) is 0 Å². The fourth-order valence-electron chi connectivity index (χ4n) is 1.83. The van der Waals surface area contributed by atoms with Crippen molar-refractivity contribution in [3.05, 3.63) is 33.9 Å². The maximum atomic E-state index is 12.0. The van der Waals surface area contributed by atoms with E-state index in [-0.39, 0.29) is 17.1 Å². The number of carbonyl (C=O) groups is 1. The van der Waals surface area contributed by atoms with Gasteiger partial charge in [0.15, 0.2) is 0 Å². The average molecular weight is 263 g/mol. The molecule has 0 spiro atoms. The number of nitrogens with one attached hydrogen (secondary N) is 2. The second-order valence-corrected chi connectivity index (χ2v) is 5.03. The molecule has 1 saturated carbocycles. The van der Waals surface area contributed by atoms with Crippen LogP contribution in [0.2, 0.25) is 0 Å². The number of hydrogen-bond acceptors (Lipinski definition) is 4. The highest BCUT2D eigenvalue weighted by Gasteiger charge is 2.38. The molecule has 0 bridgehead atoms. The highest BCUT2D eigenvalue weighted by molar-refractivity contribution is 5.96. The first-order chi connectivity index (χ1) is 8.95. The van der Waals surface area contributed by atoms with Crippen LogP contribution in [0.3, 0.4) is 0 Å². The fourth-order valence-corrected chi connectivity index (χ4v) is 1.83. The lowest BCUT2D eigenvalue weighted by molar-refractivity contribution is -0.384. The number of nitro benzene ring substituents is 1. The minimum Gasteiger partial charge on any atom is -0.380 e. The van der Waals surface area contributed by atoms with Gasteiger partial charge in [-0.15, -0.1) is 0 Å². The minimum atomic E-state index is -0.456. The van der Waals surface area contributed by atoms with Crippen LogP contribution in [0.4, 0.5) is 11.4 Å². The van der Waals surface area contributed by atoms with Gasteiger partial charge in [0.2, 0.25) is 0 Å². The third kappa shape index (κ3) is 3.01. The summed E-state index contributed by atoms with van der Waals surface area (Å²) in [5, 5.41) is 16.7. The van der Waals surface area contributed by atoms with Crippen LogP contribution >= 0.6 is 0 Å². The molecule has 0 aromatic heterocycles. The third-order valence-corrected chi connectivity index (χ3v) is 3.24. The van der Waals surface area contributed by atoms with Gasteiger partial charge in [-0.2, -0.15) is 0 Å². The van der Waals surface area contributed by atoms with E-state index in [2.05, 4.69) is 10.6 Å². The Morgan fingerprint density at radius 2 is 2.16 bits per heavy atom. The molecule has 19 heavy (non-hydrogen) atoms. The number of amides is 1. The van der Waals surface area contributed by atoms with E-state index in [0.717, 1.165) is 12.8 Å². The standard InChI is InChI=1S/C13H17N3O3/c1-3-14-10-8-9(4-5-11(10)16(18)19)12(17)15-13(2)6-7-13/h4-5,8,14H,3,6-7H2,1-2H3,(H,15,17). The molecule has 1 aromatic carbocycles. The summed E-state index contributed by atoms with van der Waals surface area (Å²) in [6.07, 6.45) is 1.96. The molecule has 1 fully saturated rings. The quantitative estimate of drug-likeness (QED) is 0.630. The minimum absolute atomic E-state index is 0.0176. The van der Waals surface area contributed by atoms with Gasteiger partial charge in [0.25, 0.3) is 11.6 Å². The van der Waals surface area contributed by atoms with E-state index >= 15 is 0 Å². The van der Waals surface area contributed by atoms with E-state index in [0.29, 0.717) is 17.8 Å².